The molecule has 2 aromatic rings. The van der Waals surface area contributed by atoms with Crippen LogP contribution in [0.15, 0.2) is 12.3 Å². The molecule has 4 saturated carbocycles. The fraction of sp³-hybridized carbons (Fsp3) is 0.556. The summed E-state index contributed by atoms with van der Waals surface area (Å²) >= 11 is 13.3. The van der Waals surface area contributed by atoms with Gasteiger partial charge in [-0.05, 0) is 62.3 Å². The standard InChI is InChI=1S/C18H18Cl2N4OS/c19-13-4-12(8-21-14(13)20)15(25)22-17-24-23-16(26-17)18-5-9-1-10(6-18)3-11(2-9)7-18/h4,8-11H,1-3,5-7H2,(H,22,24,25). The third-order valence-electron chi connectivity index (χ3n) is 6.20. The monoisotopic (exact) mass is 408 g/mol. The van der Waals surface area contributed by atoms with Crippen molar-refractivity contribution in [2.24, 2.45) is 17.8 Å². The summed E-state index contributed by atoms with van der Waals surface area (Å²) in [4.78, 5) is 16.3. The molecule has 2 heterocycles. The second-order valence-electron chi connectivity index (χ2n) is 8.06. The molecule has 0 aliphatic heterocycles. The summed E-state index contributed by atoms with van der Waals surface area (Å²) in [5.74, 6) is 2.26. The molecule has 0 atom stereocenters. The highest BCUT2D eigenvalue weighted by Crippen LogP contribution is 2.61. The normalized spacial score (nSPS) is 32.0. The van der Waals surface area contributed by atoms with Crippen molar-refractivity contribution >= 4 is 45.6 Å². The molecule has 136 valence electrons. The summed E-state index contributed by atoms with van der Waals surface area (Å²) < 4.78 is 0. The SMILES string of the molecule is O=C(Nc1nnc(C23CC4CC(CC(C4)C2)C3)s1)c1cnc(Cl)c(Cl)c1. The van der Waals surface area contributed by atoms with E-state index in [4.69, 9.17) is 23.2 Å². The van der Waals surface area contributed by atoms with E-state index in [9.17, 15) is 4.79 Å². The summed E-state index contributed by atoms with van der Waals surface area (Å²) in [6.45, 7) is 0. The van der Waals surface area contributed by atoms with E-state index in [1.165, 1.54) is 62.1 Å². The molecule has 8 heteroatoms. The van der Waals surface area contributed by atoms with E-state index in [1.54, 1.807) is 0 Å². The van der Waals surface area contributed by atoms with Crippen molar-refractivity contribution in [3.8, 4) is 0 Å². The summed E-state index contributed by atoms with van der Waals surface area (Å²) in [6.07, 6.45) is 9.30. The van der Waals surface area contributed by atoms with Crippen molar-refractivity contribution in [2.75, 3.05) is 5.32 Å². The van der Waals surface area contributed by atoms with Gasteiger partial charge in [0.05, 0.1) is 10.6 Å². The maximum Gasteiger partial charge on any atom is 0.259 e. The predicted octanol–water partition coefficient (Wildman–Crippen LogP) is 4.96. The van der Waals surface area contributed by atoms with Gasteiger partial charge in [0.15, 0.2) is 0 Å². The van der Waals surface area contributed by atoms with Gasteiger partial charge in [0.25, 0.3) is 5.91 Å². The lowest BCUT2D eigenvalue weighted by atomic mass is 9.50. The van der Waals surface area contributed by atoms with E-state index in [1.807, 2.05) is 0 Å². The van der Waals surface area contributed by atoms with E-state index in [0.29, 0.717) is 10.7 Å². The zero-order valence-electron chi connectivity index (χ0n) is 14.0. The van der Waals surface area contributed by atoms with Crippen LogP contribution < -0.4 is 5.32 Å². The molecule has 5 nitrogen and oxygen atoms in total. The molecule has 4 fully saturated rings. The summed E-state index contributed by atoms with van der Waals surface area (Å²) in [6, 6.07) is 1.51. The molecule has 0 spiro atoms. The zero-order valence-corrected chi connectivity index (χ0v) is 16.4. The summed E-state index contributed by atoms with van der Waals surface area (Å²) in [7, 11) is 0. The average Bonchev–Trinajstić information content (AvgIpc) is 3.05. The molecule has 6 rings (SSSR count). The molecule has 4 aliphatic rings. The number of carbonyl (C=O) groups is 1. The first-order valence-corrected chi connectivity index (χ1v) is 10.5. The minimum absolute atomic E-state index is 0.184. The van der Waals surface area contributed by atoms with Gasteiger partial charge in [0, 0.05) is 11.6 Å². The van der Waals surface area contributed by atoms with Crippen LogP contribution in [0.2, 0.25) is 10.2 Å². The molecular formula is C18H18Cl2N4OS. The second kappa shape index (κ2) is 6.14. The van der Waals surface area contributed by atoms with Crippen LogP contribution in [0.5, 0.6) is 0 Å². The first-order valence-electron chi connectivity index (χ1n) is 8.97. The second-order valence-corrected chi connectivity index (χ2v) is 9.80. The van der Waals surface area contributed by atoms with E-state index in [0.717, 1.165) is 22.8 Å². The van der Waals surface area contributed by atoms with Gasteiger partial charge in [-0.25, -0.2) is 4.98 Å². The van der Waals surface area contributed by atoms with Crippen molar-refractivity contribution < 1.29 is 4.79 Å². The Morgan fingerprint density at radius 3 is 2.38 bits per heavy atom. The molecule has 4 aliphatic carbocycles. The van der Waals surface area contributed by atoms with Gasteiger partial charge in [0.2, 0.25) is 5.13 Å². The molecule has 26 heavy (non-hydrogen) atoms. The number of hydrogen-bond donors (Lipinski definition) is 1. The van der Waals surface area contributed by atoms with Gasteiger partial charge in [-0.2, -0.15) is 0 Å². The quantitative estimate of drug-likeness (QED) is 0.728. The molecule has 1 N–H and O–H groups in total. The smallest absolute Gasteiger partial charge is 0.259 e. The average molecular weight is 409 g/mol. The highest BCUT2D eigenvalue weighted by atomic mass is 35.5. The third kappa shape index (κ3) is 2.83. The molecule has 1 amide bonds. The van der Waals surface area contributed by atoms with Crippen LogP contribution in [-0.2, 0) is 5.41 Å². The van der Waals surface area contributed by atoms with Gasteiger partial charge in [-0.1, -0.05) is 34.5 Å². The van der Waals surface area contributed by atoms with Crippen LogP contribution in [0.3, 0.4) is 0 Å². The highest BCUT2D eigenvalue weighted by molar-refractivity contribution is 7.15. The first kappa shape index (κ1) is 16.9. The lowest BCUT2D eigenvalue weighted by molar-refractivity contribution is -0.00555. The molecule has 0 unspecified atom stereocenters. The van der Waals surface area contributed by atoms with Gasteiger partial charge in [-0.15, -0.1) is 10.2 Å². The van der Waals surface area contributed by atoms with Crippen molar-refractivity contribution in [3.63, 3.8) is 0 Å². The number of nitrogens with zero attached hydrogens (tertiary/aromatic N) is 3. The highest BCUT2D eigenvalue weighted by Gasteiger charge is 2.53. The Morgan fingerprint density at radius 2 is 1.77 bits per heavy atom. The maximum absolute atomic E-state index is 12.4. The van der Waals surface area contributed by atoms with Crippen LogP contribution in [0.1, 0.15) is 53.9 Å². The van der Waals surface area contributed by atoms with Crippen molar-refractivity contribution in [1.82, 2.24) is 15.2 Å². The fourth-order valence-electron chi connectivity index (χ4n) is 5.58. The van der Waals surface area contributed by atoms with Crippen LogP contribution in [0.4, 0.5) is 5.13 Å². The van der Waals surface area contributed by atoms with Crippen LogP contribution in [0.25, 0.3) is 0 Å². The van der Waals surface area contributed by atoms with E-state index < -0.39 is 0 Å². The van der Waals surface area contributed by atoms with Crippen LogP contribution in [0, 0.1) is 17.8 Å². The molecule has 0 saturated heterocycles. The van der Waals surface area contributed by atoms with Crippen molar-refractivity contribution in [2.45, 2.75) is 43.9 Å². The van der Waals surface area contributed by atoms with Gasteiger partial charge < -0.3 is 0 Å². The Kier molecular flexibility index (Phi) is 3.99. The number of pyridine rings is 1. The topological polar surface area (TPSA) is 67.8 Å². The molecule has 0 radical (unpaired) electrons. The number of aromatic nitrogens is 3. The molecule has 4 bridgehead atoms. The van der Waals surface area contributed by atoms with E-state index in [-0.39, 0.29) is 21.5 Å². The maximum atomic E-state index is 12.4. The Labute approximate surface area is 165 Å². The van der Waals surface area contributed by atoms with Crippen molar-refractivity contribution in [3.05, 3.63) is 33.0 Å². The number of rotatable bonds is 3. The van der Waals surface area contributed by atoms with Gasteiger partial charge >= 0.3 is 0 Å². The Hall–Kier alpha value is -1.24. The number of amides is 1. The molecule has 2 aromatic heterocycles. The predicted molar refractivity (Wildman–Crippen MR) is 102 cm³/mol. The summed E-state index contributed by atoms with van der Waals surface area (Å²) in [5.41, 5.74) is 0.548. The van der Waals surface area contributed by atoms with Gasteiger partial charge in [0.1, 0.15) is 10.2 Å². The lowest BCUT2D eigenvalue weighted by Crippen LogP contribution is -2.48. The lowest BCUT2D eigenvalue weighted by Gasteiger charge is -2.55. The first-order chi connectivity index (χ1) is 12.5. The minimum atomic E-state index is -0.302. The Morgan fingerprint density at radius 1 is 1.12 bits per heavy atom. The third-order valence-corrected chi connectivity index (χ3v) is 7.97. The largest absolute Gasteiger partial charge is 0.296 e. The summed E-state index contributed by atoms with van der Waals surface area (Å²) in [5, 5.41) is 13.6. The van der Waals surface area contributed by atoms with E-state index in [2.05, 4.69) is 20.5 Å². The van der Waals surface area contributed by atoms with Crippen LogP contribution >= 0.6 is 34.5 Å². The Bertz CT molecular complexity index is 849. The molecular weight excluding hydrogens is 391 g/mol. The van der Waals surface area contributed by atoms with Gasteiger partial charge in [-0.3, -0.25) is 10.1 Å². The fourth-order valence-corrected chi connectivity index (χ4v) is 6.80. The number of hydrogen-bond acceptors (Lipinski definition) is 5. The number of halogens is 2. The number of nitrogens with one attached hydrogen (secondary N) is 1. The molecule has 0 aromatic carbocycles. The van der Waals surface area contributed by atoms with Crippen molar-refractivity contribution in [1.29, 1.82) is 0 Å². The van der Waals surface area contributed by atoms with Crippen LogP contribution in [-0.4, -0.2) is 21.1 Å². The van der Waals surface area contributed by atoms with E-state index >= 15 is 0 Å². The minimum Gasteiger partial charge on any atom is -0.296 e. The Balaban J connectivity index is 1.36. The number of anilines is 1. The zero-order chi connectivity index (χ0) is 17.9. The number of carbonyl (C=O) groups excluding carboxylic acids is 1.